The number of benzene rings is 1. The zero-order valence-corrected chi connectivity index (χ0v) is 12.5. The Morgan fingerprint density at radius 2 is 2.09 bits per heavy atom. The highest BCUT2D eigenvalue weighted by molar-refractivity contribution is 7.92. The van der Waals surface area contributed by atoms with Gasteiger partial charge in [-0.3, -0.25) is 0 Å². The molecule has 7 nitrogen and oxygen atoms in total. The molecular formula is C13H8ClN5O2S. The van der Waals surface area contributed by atoms with Crippen molar-refractivity contribution in [3.8, 4) is 6.07 Å². The predicted molar refractivity (Wildman–Crippen MR) is 80.0 cm³/mol. The first-order valence-corrected chi connectivity index (χ1v) is 7.89. The van der Waals surface area contributed by atoms with Gasteiger partial charge in [0.05, 0.1) is 15.5 Å². The van der Waals surface area contributed by atoms with Crippen LogP contribution in [0, 0.1) is 11.3 Å². The summed E-state index contributed by atoms with van der Waals surface area (Å²) >= 11 is 5.79. The first kappa shape index (κ1) is 14.3. The second kappa shape index (κ2) is 5.29. The maximum absolute atomic E-state index is 12.3. The molecule has 0 aliphatic heterocycles. The Bertz CT molecular complexity index is 974. The molecule has 1 N–H and O–H groups in total. The van der Waals surface area contributed by atoms with Crippen LogP contribution in [0.15, 0.2) is 47.5 Å². The lowest BCUT2D eigenvalue weighted by Crippen LogP contribution is -2.14. The summed E-state index contributed by atoms with van der Waals surface area (Å²) in [6.07, 6.45) is 1.65. The van der Waals surface area contributed by atoms with Crippen LogP contribution in [0.1, 0.15) is 5.56 Å². The fourth-order valence-electron chi connectivity index (χ4n) is 1.81. The van der Waals surface area contributed by atoms with Gasteiger partial charge in [0.25, 0.3) is 16.0 Å². The second-order valence-corrected chi connectivity index (χ2v) is 6.39. The summed E-state index contributed by atoms with van der Waals surface area (Å²) in [5.74, 6) is -0.0559. The fraction of sp³-hybridized carbons (Fsp3) is 0. The highest BCUT2D eigenvalue weighted by Gasteiger charge is 2.18. The molecule has 0 aliphatic carbocycles. The molecule has 2 aromatic heterocycles. The van der Waals surface area contributed by atoms with Crippen LogP contribution in [0.25, 0.3) is 5.65 Å². The van der Waals surface area contributed by atoms with Gasteiger partial charge in [0.2, 0.25) is 0 Å². The van der Waals surface area contributed by atoms with Gasteiger partial charge in [-0.05, 0) is 30.3 Å². The third-order valence-corrected chi connectivity index (χ3v) is 4.49. The van der Waals surface area contributed by atoms with Gasteiger partial charge >= 0.3 is 0 Å². The Balaban J connectivity index is 1.98. The summed E-state index contributed by atoms with van der Waals surface area (Å²) in [5, 5.41) is 13.1. The van der Waals surface area contributed by atoms with Crippen molar-refractivity contribution >= 4 is 33.2 Å². The van der Waals surface area contributed by atoms with E-state index < -0.39 is 10.0 Å². The maximum Gasteiger partial charge on any atom is 0.264 e. The van der Waals surface area contributed by atoms with Gasteiger partial charge in [0.1, 0.15) is 6.07 Å². The van der Waals surface area contributed by atoms with E-state index in [4.69, 9.17) is 16.9 Å². The SMILES string of the molecule is N#Cc1cc(S(=O)(=O)Nc2nc3ccccn3n2)ccc1Cl. The number of aromatic nitrogens is 3. The molecule has 3 aromatic rings. The molecule has 2 heterocycles. The van der Waals surface area contributed by atoms with E-state index in [1.807, 2.05) is 6.07 Å². The summed E-state index contributed by atoms with van der Waals surface area (Å²) < 4.78 is 28.3. The van der Waals surface area contributed by atoms with Crippen LogP contribution in [0.4, 0.5) is 5.95 Å². The van der Waals surface area contributed by atoms with Crippen molar-refractivity contribution in [3.05, 3.63) is 53.2 Å². The molecule has 0 unspecified atom stereocenters. The largest absolute Gasteiger partial charge is 0.264 e. The Labute approximate surface area is 130 Å². The van der Waals surface area contributed by atoms with Gasteiger partial charge < -0.3 is 0 Å². The number of hydrogen-bond donors (Lipinski definition) is 1. The molecule has 9 heteroatoms. The minimum absolute atomic E-state index is 0.0559. The first-order valence-electron chi connectivity index (χ1n) is 6.03. The first-order chi connectivity index (χ1) is 10.5. The molecule has 0 fully saturated rings. The van der Waals surface area contributed by atoms with Gasteiger partial charge in [0.15, 0.2) is 5.65 Å². The number of anilines is 1. The lowest BCUT2D eigenvalue weighted by Gasteiger charge is -2.05. The topological polar surface area (TPSA) is 100 Å². The van der Waals surface area contributed by atoms with E-state index in [0.717, 1.165) is 0 Å². The van der Waals surface area contributed by atoms with Gasteiger partial charge in [0, 0.05) is 6.20 Å². The average molecular weight is 334 g/mol. The molecule has 0 atom stereocenters. The molecular weight excluding hydrogens is 326 g/mol. The summed E-state index contributed by atoms with van der Waals surface area (Å²) in [6, 6.07) is 10.9. The third kappa shape index (κ3) is 2.59. The van der Waals surface area contributed by atoms with Crippen molar-refractivity contribution in [2.75, 3.05) is 4.72 Å². The number of fused-ring (bicyclic) bond motifs is 1. The highest BCUT2D eigenvalue weighted by Crippen LogP contribution is 2.21. The van der Waals surface area contributed by atoms with Crippen LogP contribution in [0.2, 0.25) is 5.02 Å². The summed E-state index contributed by atoms with van der Waals surface area (Å²) in [6.45, 7) is 0. The van der Waals surface area contributed by atoms with Crippen molar-refractivity contribution in [3.63, 3.8) is 0 Å². The Morgan fingerprint density at radius 3 is 2.82 bits per heavy atom. The third-order valence-electron chi connectivity index (χ3n) is 2.84. The number of hydrogen-bond acceptors (Lipinski definition) is 5. The molecule has 0 aliphatic rings. The minimum atomic E-state index is -3.91. The Morgan fingerprint density at radius 1 is 1.27 bits per heavy atom. The molecule has 3 rings (SSSR count). The van der Waals surface area contributed by atoms with Crippen LogP contribution < -0.4 is 4.72 Å². The molecule has 22 heavy (non-hydrogen) atoms. The standard InChI is InChI=1S/C13H8ClN5O2S/c14-11-5-4-10(7-9(11)8-15)22(20,21)18-13-16-12-3-1-2-6-19(12)17-13/h1-7H,(H,17,18). The fourth-order valence-corrected chi connectivity index (χ4v) is 2.94. The highest BCUT2D eigenvalue weighted by atomic mass is 35.5. The maximum atomic E-state index is 12.3. The number of sulfonamides is 1. The van der Waals surface area contributed by atoms with Crippen LogP contribution in [-0.4, -0.2) is 23.0 Å². The van der Waals surface area contributed by atoms with Gasteiger partial charge in [-0.1, -0.05) is 17.7 Å². The van der Waals surface area contributed by atoms with Crippen LogP contribution in [0.3, 0.4) is 0 Å². The number of pyridine rings is 1. The van der Waals surface area contributed by atoms with Gasteiger partial charge in [-0.15, -0.1) is 5.10 Å². The van der Waals surface area contributed by atoms with E-state index in [1.165, 1.54) is 22.7 Å². The molecule has 0 bridgehead atoms. The van der Waals surface area contributed by atoms with Crippen molar-refractivity contribution in [2.24, 2.45) is 0 Å². The van der Waals surface area contributed by atoms with E-state index in [0.29, 0.717) is 5.65 Å². The number of nitrogens with zero attached hydrogens (tertiary/aromatic N) is 4. The molecule has 0 radical (unpaired) electrons. The van der Waals surface area contributed by atoms with Gasteiger partial charge in [-0.2, -0.15) is 10.2 Å². The van der Waals surface area contributed by atoms with E-state index in [2.05, 4.69) is 14.8 Å². The summed E-state index contributed by atoms with van der Waals surface area (Å²) in [4.78, 5) is 3.96. The van der Waals surface area contributed by atoms with Crippen molar-refractivity contribution in [1.82, 2.24) is 14.6 Å². The van der Waals surface area contributed by atoms with E-state index in [1.54, 1.807) is 24.4 Å². The van der Waals surface area contributed by atoms with Crippen LogP contribution in [-0.2, 0) is 10.0 Å². The number of halogens is 1. The lowest BCUT2D eigenvalue weighted by molar-refractivity contribution is 0.601. The minimum Gasteiger partial charge on any atom is -0.246 e. The normalized spacial score (nSPS) is 11.3. The van der Waals surface area contributed by atoms with Crippen LogP contribution in [0.5, 0.6) is 0 Å². The zero-order chi connectivity index (χ0) is 15.7. The Hall–Kier alpha value is -2.63. The van der Waals surface area contributed by atoms with Crippen molar-refractivity contribution in [1.29, 1.82) is 5.26 Å². The zero-order valence-electron chi connectivity index (χ0n) is 10.9. The predicted octanol–water partition coefficient (Wildman–Crippen LogP) is 2.06. The smallest absolute Gasteiger partial charge is 0.246 e. The molecule has 0 saturated carbocycles. The average Bonchev–Trinajstić information content (AvgIpc) is 2.88. The van der Waals surface area contributed by atoms with Crippen molar-refractivity contribution < 1.29 is 8.42 Å². The molecule has 0 saturated heterocycles. The summed E-state index contributed by atoms with van der Waals surface area (Å²) in [7, 11) is -3.91. The van der Waals surface area contributed by atoms with E-state index in [9.17, 15) is 8.42 Å². The molecule has 0 amide bonds. The molecule has 110 valence electrons. The number of rotatable bonds is 3. The monoisotopic (exact) mass is 333 g/mol. The van der Waals surface area contributed by atoms with Crippen molar-refractivity contribution in [2.45, 2.75) is 4.90 Å². The lowest BCUT2D eigenvalue weighted by atomic mass is 10.2. The summed E-state index contributed by atoms with van der Waals surface area (Å²) in [5.41, 5.74) is 0.585. The van der Waals surface area contributed by atoms with E-state index in [-0.39, 0.29) is 21.4 Å². The van der Waals surface area contributed by atoms with Gasteiger partial charge in [-0.25, -0.2) is 17.7 Å². The number of nitriles is 1. The quantitative estimate of drug-likeness (QED) is 0.790. The number of nitrogens with one attached hydrogen (secondary N) is 1. The Kier molecular flexibility index (Phi) is 3.44. The van der Waals surface area contributed by atoms with E-state index >= 15 is 0 Å². The second-order valence-electron chi connectivity index (χ2n) is 4.30. The molecule has 0 spiro atoms. The molecule has 1 aromatic carbocycles. The van der Waals surface area contributed by atoms with Crippen LogP contribution >= 0.6 is 11.6 Å².